The molecule has 2 heterocycles. The number of halogens is 1. The number of anilines is 2. The third-order valence-electron chi connectivity index (χ3n) is 5.91. The SMILES string of the molecule is CC(=O)Nc1cc2nc(C)c(-c3ccc(F)c(NC(=O)NC4CCCCCC4)c3)cc2cn1. The van der Waals surface area contributed by atoms with Crippen LogP contribution in [0.15, 0.2) is 36.5 Å². The van der Waals surface area contributed by atoms with Gasteiger partial charge in [0.1, 0.15) is 11.6 Å². The lowest BCUT2D eigenvalue weighted by Crippen LogP contribution is -2.37. The van der Waals surface area contributed by atoms with Crippen molar-refractivity contribution in [2.75, 3.05) is 10.6 Å². The van der Waals surface area contributed by atoms with Gasteiger partial charge in [0.05, 0.1) is 11.2 Å². The highest BCUT2D eigenvalue weighted by Crippen LogP contribution is 2.30. The van der Waals surface area contributed by atoms with Crippen molar-refractivity contribution in [3.63, 3.8) is 0 Å². The predicted octanol–water partition coefficient (Wildman–Crippen LogP) is 5.55. The van der Waals surface area contributed by atoms with E-state index in [1.54, 1.807) is 24.4 Å². The summed E-state index contributed by atoms with van der Waals surface area (Å²) in [6.07, 6.45) is 8.14. The van der Waals surface area contributed by atoms with Crippen molar-refractivity contribution in [3.8, 4) is 11.1 Å². The van der Waals surface area contributed by atoms with Gasteiger partial charge in [0, 0.05) is 41.9 Å². The second-order valence-corrected chi connectivity index (χ2v) is 8.55. The number of aryl methyl sites for hydroxylation is 1. The molecule has 8 heteroatoms. The smallest absolute Gasteiger partial charge is 0.319 e. The molecule has 3 amide bonds. The minimum atomic E-state index is -0.497. The number of hydrogen-bond donors (Lipinski definition) is 3. The molecule has 3 N–H and O–H groups in total. The molecule has 1 fully saturated rings. The van der Waals surface area contributed by atoms with Gasteiger partial charge in [-0.2, -0.15) is 0 Å². The van der Waals surface area contributed by atoms with Crippen LogP contribution in [0.3, 0.4) is 0 Å². The fraction of sp³-hybridized carbons (Fsp3) is 0.360. The maximum Gasteiger partial charge on any atom is 0.319 e. The van der Waals surface area contributed by atoms with Crippen LogP contribution < -0.4 is 16.0 Å². The van der Waals surface area contributed by atoms with E-state index in [4.69, 9.17) is 0 Å². The van der Waals surface area contributed by atoms with Crippen LogP contribution in [-0.2, 0) is 4.79 Å². The quantitative estimate of drug-likeness (QED) is 0.455. The Morgan fingerprint density at radius 1 is 1.03 bits per heavy atom. The highest BCUT2D eigenvalue weighted by atomic mass is 19.1. The summed E-state index contributed by atoms with van der Waals surface area (Å²) < 4.78 is 14.5. The number of benzene rings is 1. The topological polar surface area (TPSA) is 96.0 Å². The number of carbonyl (C=O) groups excluding carboxylic acids is 2. The van der Waals surface area contributed by atoms with Crippen LogP contribution in [0.2, 0.25) is 0 Å². The van der Waals surface area contributed by atoms with Crippen molar-refractivity contribution in [2.24, 2.45) is 0 Å². The lowest BCUT2D eigenvalue weighted by molar-refractivity contribution is -0.114. The molecule has 0 saturated heterocycles. The Morgan fingerprint density at radius 3 is 2.52 bits per heavy atom. The van der Waals surface area contributed by atoms with Gasteiger partial charge in [0.25, 0.3) is 0 Å². The van der Waals surface area contributed by atoms with Gasteiger partial charge in [0.15, 0.2) is 0 Å². The Morgan fingerprint density at radius 2 is 1.79 bits per heavy atom. The number of urea groups is 1. The number of nitrogens with zero attached hydrogens (tertiary/aromatic N) is 2. The number of nitrogens with one attached hydrogen (secondary N) is 3. The van der Waals surface area contributed by atoms with Crippen molar-refractivity contribution in [3.05, 3.63) is 48.0 Å². The first-order valence-corrected chi connectivity index (χ1v) is 11.3. The van der Waals surface area contributed by atoms with Crippen LogP contribution in [0.25, 0.3) is 22.0 Å². The van der Waals surface area contributed by atoms with E-state index < -0.39 is 5.82 Å². The Hall–Kier alpha value is -3.55. The maximum absolute atomic E-state index is 14.5. The molecule has 0 unspecified atom stereocenters. The van der Waals surface area contributed by atoms with E-state index in [1.165, 1.54) is 25.8 Å². The predicted molar refractivity (Wildman–Crippen MR) is 128 cm³/mol. The van der Waals surface area contributed by atoms with E-state index in [2.05, 4.69) is 25.9 Å². The normalized spacial score (nSPS) is 14.5. The average molecular weight is 450 g/mol. The Bertz CT molecular complexity index is 1190. The lowest BCUT2D eigenvalue weighted by atomic mass is 10.0. The maximum atomic E-state index is 14.5. The summed E-state index contributed by atoms with van der Waals surface area (Å²) in [6.45, 7) is 3.28. The zero-order valence-electron chi connectivity index (χ0n) is 18.9. The summed E-state index contributed by atoms with van der Waals surface area (Å²) in [7, 11) is 0. The van der Waals surface area contributed by atoms with Crippen LogP contribution in [-0.4, -0.2) is 27.9 Å². The number of rotatable bonds is 4. The molecule has 33 heavy (non-hydrogen) atoms. The van der Waals surface area contributed by atoms with Crippen LogP contribution in [0, 0.1) is 12.7 Å². The summed E-state index contributed by atoms with van der Waals surface area (Å²) in [6, 6.07) is 8.00. The molecule has 0 bridgehead atoms. The van der Waals surface area contributed by atoms with E-state index >= 15 is 0 Å². The van der Waals surface area contributed by atoms with Crippen molar-refractivity contribution in [1.29, 1.82) is 0 Å². The standard InChI is InChI=1S/C25H28FN5O2/c1-15-20(11-18-14-27-24(29-16(2)32)13-22(18)28-15)17-9-10-21(26)23(12-17)31-25(33)30-19-7-5-3-4-6-8-19/h9-14,19H,3-8H2,1-2H3,(H,27,29,32)(H2,30,31,33). The van der Waals surface area contributed by atoms with Crippen LogP contribution in [0.4, 0.5) is 20.7 Å². The number of carbonyl (C=O) groups is 2. The first-order chi connectivity index (χ1) is 15.9. The first kappa shape index (κ1) is 22.6. The molecule has 0 atom stereocenters. The van der Waals surface area contributed by atoms with Gasteiger partial charge in [-0.05, 0) is 43.5 Å². The molecule has 1 aliphatic carbocycles. The van der Waals surface area contributed by atoms with E-state index in [0.717, 1.165) is 47.9 Å². The molecular formula is C25H28FN5O2. The van der Waals surface area contributed by atoms with E-state index in [1.807, 2.05) is 13.0 Å². The largest absolute Gasteiger partial charge is 0.335 e. The van der Waals surface area contributed by atoms with Crippen molar-refractivity contribution < 1.29 is 14.0 Å². The highest BCUT2D eigenvalue weighted by Gasteiger charge is 2.16. The van der Waals surface area contributed by atoms with Gasteiger partial charge in [-0.1, -0.05) is 31.7 Å². The third-order valence-corrected chi connectivity index (χ3v) is 5.91. The summed E-state index contributed by atoms with van der Waals surface area (Å²) in [5, 5.41) is 9.09. The molecule has 1 aromatic carbocycles. The zero-order valence-corrected chi connectivity index (χ0v) is 18.9. The molecule has 2 aromatic heterocycles. The molecule has 0 radical (unpaired) electrons. The lowest BCUT2D eigenvalue weighted by Gasteiger charge is -2.17. The summed E-state index contributed by atoms with van der Waals surface area (Å²) in [4.78, 5) is 32.7. The average Bonchev–Trinajstić information content (AvgIpc) is 3.03. The fourth-order valence-corrected chi connectivity index (χ4v) is 4.26. The molecule has 0 aliphatic heterocycles. The van der Waals surface area contributed by atoms with Crippen molar-refractivity contribution in [1.82, 2.24) is 15.3 Å². The zero-order chi connectivity index (χ0) is 23.4. The van der Waals surface area contributed by atoms with Crippen LogP contribution >= 0.6 is 0 Å². The fourth-order valence-electron chi connectivity index (χ4n) is 4.26. The molecule has 4 rings (SSSR count). The van der Waals surface area contributed by atoms with Gasteiger partial charge in [-0.15, -0.1) is 0 Å². The highest BCUT2D eigenvalue weighted by molar-refractivity contribution is 5.93. The minimum absolute atomic E-state index is 0.122. The molecule has 0 spiro atoms. The number of pyridine rings is 2. The number of aromatic nitrogens is 2. The van der Waals surface area contributed by atoms with Gasteiger partial charge < -0.3 is 16.0 Å². The number of fused-ring (bicyclic) bond motifs is 1. The van der Waals surface area contributed by atoms with Crippen molar-refractivity contribution >= 4 is 34.3 Å². The summed E-state index contributed by atoms with van der Waals surface area (Å²) in [5.41, 5.74) is 3.10. The van der Waals surface area contributed by atoms with Gasteiger partial charge >= 0.3 is 6.03 Å². The Balaban J connectivity index is 1.56. The molecule has 1 aliphatic rings. The monoisotopic (exact) mass is 449 g/mol. The molecule has 1 saturated carbocycles. The molecule has 172 valence electrons. The number of amides is 3. The second kappa shape index (κ2) is 9.94. The van der Waals surface area contributed by atoms with Crippen LogP contribution in [0.1, 0.15) is 51.1 Å². The summed E-state index contributed by atoms with van der Waals surface area (Å²) >= 11 is 0. The number of hydrogen-bond acceptors (Lipinski definition) is 4. The van der Waals surface area contributed by atoms with Gasteiger partial charge in [-0.25, -0.2) is 14.2 Å². The van der Waals surface area contributed by atoms with Gasteiger partial charge in [0.2, 0.25) is 5.91 Å². The molecule has 3 aromatic rings. The minimum Gasteiger partial charge on any atom is -0.335 e. The van der Waals surface area contributed by atoms with E-state index in [0.29, 0.717) is 11.3 Å². The van der Waals surface area contributed by atoms with E-state index in [9.17, 15) is 14.0 Å². The summed E-state index contributed by atoms with van der Waals surface area (Å²) in [5.74, 6) is -0.269. The second-order valence-electron chi connectivity index (χ2n) is 8.55. The van der Waals surface area contributed by atoms with Crippen LogP contribution in [0.5, 0.6) is 0 Å². The molecule has 7 nitrogen and oxygen atoms in total. The Labute approximate surface area is 192 Å². The first-order valence-electron chi connectivity index (χ1n) is 11.3. The van der Waals surface area contributed by atoms with Crippen molar-refractivity contribution in [2.45, 2.75) is 58.4 Å². The molecular weight excluding hydrogens is 421 g/mol. The third kappa shape index (κ3) is 5.63. The Kier molecular flexibility index (Phi) is 6.82. The van der Waals surface area contributed by atoms with E-state index in [-0.39, 0.29) is 23.7 Å². The van der Waals surface area contributed by atoms with Gasteiger partial charge in [-0.3, -0.25) is 9.78 Å².